The summed E-state index contributed by atoms with van der Waals surface area (Å²) in [7, 11) is 0. The predicted octanol–water partition coefficient (Wildman–Crippen LogP) is 2.72. The zero-order valence-corrected chi connectivity index (χ0v) is 10.8. The van der Waals surface area contributed by atoms with Crippen molar-refractivity contribution in [1.82, 2.24) is 4.90 Å². The molecule has 2 nitrogen and oxygen atoms in total. The molecule has 0 radical (unpaired) electrons. The Hall–Kier alpha value is -0.570. The van der Waals surface area contributed by atoms with Crippen molar-refractivity contribution in [1.29, 1.82) is 0 Å². The quantitative estimate of drug-likeness (QED) is 0.828. The molecule has 16 heavy (non-hydrogen) atoms. The molecule has 0 spiro atoms. The Morgan fingerprint density at radius 2 is 1.94 bits per heavy atom. The lowest BCUT2D eigenvalue weighted by Crippen LogP contribution is -2.25. The van der Waals surface area contributed by atoms with E-state index in [0.717, 1.165) is 42.2 Å². The Morgan fingerprint density at radius 3 is 2.50 bits per heavy atom. The Balaban J connectivity index is 2.72. The van der Waals surface area contributed by atoms with Crippen LogP contribution in [0.1, 0.15) is 25.0 Å². The first-order valence-electron chi connectivity index (χ1n) is 5.82. The van der Waals surface area contributed by atoms with Gasteiger partial charge in [-0.2, -0.15) is 0 Å². The maximum atomic E-state index is 9.25. The largest absolute Gasteiger partial charge is 0.392 e. The van der Waals surface area contributed by atoms with Crippen LogP contribution < -0.4 is 0 Å². The van der Waals surface area contributed by atoms with E-state index in [1.165, 1.54) is 0 Å². The molecule has 90 valence electrons. The minimum Gasteiger partial charge on any atom is -0.392 e. The molecule has 1 rings (SSSR count). The highest BCUT2D eigenvalue weighted by molar-refractivity contribution is 6.31. The Kier molecular flexibility index (Phi) is 5.81. The van der Waals surface area contributed by atoms with Crippen molar-refractivity contribution in [2.24, 2.45) is 0 Å². The van der Waals surface area contributed by atoms with Gasteiger partial charge in [-0.05, 0) is 36.7 Å². The molecule has 0 unspecified atom stereocenters. The van der Waals surface area contributed by atoms with Crippen LogP contribution in [-0.2, 0) is 13.0 Å². The van der Waals surface area contributed by atoms with E-state index < -0.39 is 0 Å². The molecule has 0 bridgehead atoms. The molecule has 0 aliphatic carbocycles. The summed E-state index contributed by atoms with van der Waals surface area (Å²) in [5.74, 6) is 0. The molecule has 0 saturated heterocycles. The van der Waals surface area contributed by atoms with E-state index in [-0.39, 0.29) is 6.61 Å². The fourth-order valence-electron chi connectivity index (χ4n) is 1.84. The number of nitrogens with zero attached hydrogens (tertiary/aromatic N) is 1. The van der Waals surface area contributed by atoms with Crippen LogP contribution in [-0.4, -0.2) is 29.6 Å². The second-order valence-corrected chi connectivity index (χ2v) is 4.22. The van der Waals surface area contributed by atoms with E-state index in [1.54, 1.807) is 0 Å². The molecule has 0 atom stereocenters. The Morgan fingerprint density at radius 1 is 1.25 bits per heavy atom. The second-order valence-electron chi connectivity index (χ2n) is 3.81. The normalized spacial score (nSPS) is 11.1. The third-order valence-electron chi connectivity index (χ3n) is 2.96. The first kappa shape index (κ1) is 13.5. The highest BCUT2D eigenvalue weighted by Gasteiger charge is 2.07. The van der Waals surface area contributed by atoms with Crippen molar-refractivity contribution in [3.8, 4) is 0 Å². The lowest BCUT2D eigenvalue weighted by atomic mass is 10.0. The van der Waals surface area contributed by atoms with Crippen LogP contribution in [0, 0.1) is 0 Å². The van der Waals surface area contributed by atoms with Gasteiger partial charge >= 0.3 is 0 Å². The Labute approximate surface area is 103 Å². The number of aliphatic hydroxyl groups excluding tert-OH is 1. The van der Waals surface area contributed by atoms with Crippen molar-refractivity contribution >= 4 is 11.6 Å². The van der Waals surface area contributed by atoms with E-state index in [4.69, 9.17) is 11.6 Å². The van der Waals surface area contributed by atoms with Crippen LogP contribution in [0.5, 0.6) is 0 Å². The molecule has 0 amide bonds. The van der Waals surface area contributed by atoms with Crippen LogP contribution in [0.15, 0.2) is 18.2 Å². The van der Waals surface area contributed by atoms with Gasteiger partial charge in [0.05, 0.1) is 6.61 Å². The average Bonchev–Trinajstić information content (AvgIpc) is 2.31. The van der Waals surface area contributed by atoms with Crippen molar-refractivity contribution in [3.05, 3.63) is 34.3 Å². The van der Waals surface area contributed by atoms with Gasteiger partial charge in [-0.3, -0.25) is 0 Å². The third kappa shape index (κ3) is 3.48. The smallest absolute Gasteiger partial charge is 0.0685 e. The summed E-state index contributed by atoms with van der Waals surface area (Å²) in [5.41, 5.74) is 2.03. The van der Waals surface area contributed by atoms with Crippen molar-refractivity contribution in [3.63, 3.8) is 0 Å². The number of hydrogen-bond acceptors (Lipinski definition) is 2. The predicted molar refractivity (Wildman–Crippen MR) is 68.9 cm³/mol. The zero-order chi connectivity index (χ0) is 12.0. The molecule has 1 N–H and O–H groups in total. The summed E-state index contributed by atoms with van der Waals surface area (Å²) in [6.07, 6.45) is 0.900. The molecule has 0 aliphatic heterocycles. The van der Waals surface area contributed by atoms with Gasteiger partial charge in [0.25, 0.3) is 0 Å². The number of likely N-dealkylation sites (N-methyl/N-ethyl adjacent to an activating group) is 1. The van der Waals surface area contributed by atoms with Crippen LogP contribution >= 0.6 is 11.6 Å². The van der Waals surface area contributed by atoms with Gasteiger partial charge in [0, 0.05) is 11.6 Å². The van der Waals surface area contributed by atoms with Gasteiger partial charge < -0.3 is 10.0 Å². The summed E-state index contributed by atoms with van der Waals surface area (Å²) in [6, 6.07) is 5.70. The summed E-state index contributed by atoms with van der Waals surface area (Å²) in [6.45, 7) is 7.47. The van der Waals surface area contributed by atoms with Gasteiger partial charge in [0.15, 0.2) is 0 Å². The maximum absolute atomic E-state index is 9.25. The van der Waals surface area contributed by atoms with Gasteiger partial charge in [0.2, 0.25) is 0 Å². The van der Waals surface area contributed by atoms with Gasteiger partial charge in [-0.25, -0.2) is 0 Å². The molecule has 0 aromatic heterocycles. The molecular weight excluding hydrogens is 222 g/mol. The molecular formula is C13H20ClNO. The molecule has 0 aliphatic rings. The number of benzene rings is 1. The molecule has 1 aromatic carbocycles. The van der Waals surface area contributed by atoms with Gasteiger partial charge in [0.1, 0.15) is 0 Å². The van der Waals surface area contributed by atoms with E-state index in [2.05, 4.69) is 18.7 Å². The zero-order valence-electron chi connectivity index (χ0n) is 10.0. The van der Waals surface area contributed by atoms with Crippen molar-refractivity contribution in [2.45, 2.75) is 26.9 Å². The van der Waals surface area contributed by atoms with Crippen molar-refractivity contribution < 1.29 is 5.11 Å². The molecule has 0 heterocycles. The highest BCUT2D eigenvalue weighted by atomic mass is 35.5. The standard InChI is InChI=1S/C13H20ClNO/c1-3-15(4-2)9-8-12-11(10-16)6-5-7-13(12)14/h5-7,16H,3-4,8-10H2,1-2H3. The van der Waals surface area contributed by atoms with E-state index >= 15 is 0 Å². The average molecular weight is 242 g/mol. The van der Waals surface area contributed by atoms with Crippen molar-refractivity contribution in [2.75, 3.05) is 19.6 Å². The Bertz CT molecular complexity index is 324. The molecule has 1 aromatic rings. The summed E-state index contributed by atoms with van der Waals surface area (Å²) < 4.78 is 0. The van der Waals surface area contributed by atoms with Crippen LogP contribution in [0.25, 0.3) is 0 Å². The maximum Gasteiger partial charge on any atom is 0.0685 e. The number of rotatable bonds is 6. The van der Waals surface area contributed by atoms with E-state index in [0.29, 0.717) is 0 Å². The van der Waals surface area contributed by atoms with Gasteiger partial charge in [-0.15, -0.1) is 0 Å². The second kappa shape index (κ2) is 6.89. The van der Waals surface area contributed by atoms with Crippen LogP contribution in [0.3, 0.4) is 0 Å². The third-order valence-corrected chi connectivity index (χ3v) is 3.31. The first-order valence-corrected chi connectivity index (χ1v) is 6.20. The fourth-order valence-corrected chi connectivity index (χ4v) is 2.13. The fraction of sp³-hybridized carbons (Fsp3) is 0.538. The van der Waals surface area contributed by atoms with Crippen LogP contribution in [0.2, 0.25) is 5.02 Å². The van der Waals surface area contributed by atoms with Crippen LogP contribution in [0.4, 0.5) is 0 Å². The molecule has 0 saturated carbocycles. The minimum atomic E-state index is 0.0636. The lowest BCUT2D eigenvalue weighted by Gasteiger charge is -2.19. The van der Waals surface area contributed by atoms with Gasteiger partial charge in [-0.1, -0.05) is 37.6 Å². The highest BCUT2D eigenvalue weighted by Crippen LogP contribution is 2.21. The summed E-state index contributed by atoms with van der Waals surface area (Å²) >= 11 is 6.15. The number of hydrogen-bond donors (Lipinski definition) is 1. The minimum absolute atomic E-state index is 0.0636. The SMILES string of the molecule is CCN(CC)CCc1c(Cl)cccc1CO. The summed E-state index contributed by atoms with van der Waals surface area (Å²) in [4.78, 5) is 2.35. The van der Waals surface area contributed by atoms with E-state index in [9.17, 15) is 5.11 Å². The molecule has 0 fully saturated rings. The number of aliphatic hydroxyl groups is 1. The summed E-state index contributed by atoms with van der Waals surface area (Å²) in [5, 5.41) is 10.0. The number of halogens is 1. The molecule has 3 heteroatoms. The lowest BCUT2D eigenvalue weighted by molar-refractivity contribution is 0.278. The first-order chi connectivity index (χ1) is 7.72. The monoisotopic (exact) mass is 241 g/mol. The topological polar surface area (TPSA) is 23.5 Å². The van der Waals surface area contributed by atoms with E-state index in [1.807, 2.05) is 18.2 Å².